The van der Waals surface area contributed by atoms with Crippen LogP contribution in [0, 0.1) is 0 Å². The number of nitrogens with zero attached hydrogens (tertiary/aromatic N) is 4. The van der Waals surface area contributed by atoms with E-state index in [2.05, 4.69) is 10.1 Å². The standard InChI is InChI=1S/C13H16N4O2/c1-9-7-16(8-10(2)19-9)13(18)11-6-15-17-5-3-4-14-12(11)17/h3-6,9-10H,7-8H2,1-2H3. The maximum Gasteiger partial charge on any atom is 0.259 e. The minimum atomic E-state index is -0.0318. The van der Waals surface area contributed by atoms with Crippen LogP contribution in [0.25, 0.3) is 5.65 Å². The molecule has 6 heteroatoms. The van der Waals surface area contributed by atoms with Crippen LogP contribution in [-0.4, -0.2) is 50.7 Å². The Bertz CT molecular complexity index is 599. The number of hydrogen-bond acceptors (Lipinski definition) is 4. The topological polar surface area (TPSA) is 59.7 Å². The fraction of sp³-hybridized carbons (Fsp3) is 0.462. The molecule has 19 heavy (non-hydrogen) atoms. The first kappa shape index (κ1) is 12.1. The number of hydrogen-bond donors (Lipinski definition) is 0. The zero-order valence-corrected chi connectivity index (χ0v) is 11.0. The summed E-state index contributed by atoms with van der Waals surface area (Å²) in [4.78, 5) is 18.6. The third-order valence-electron chi connectivity index (χ3n) is 3.22. The van der Waals surface area contributed by atoms with E-state index in [1.165, 1.54) is 0 Å². The molecule has 1 amide bonds. The smallest absolute Gasteiger partial charge is 0.259 e. The molecule has 1 fully saturated rings. The maximum atomic E-state index is 12.5. The molecule has 0 bridgehead atoms. The number of ether oxygens (including phenoxy) is 1. The Morgan fingerprint density at radius 1 is 1.37 bits per heavy atom. The number of aromatic nitrogens is 3. The lowest BCUT2D eigenvalue weighted by Crippen LogP contribution is -2.48. The number of carbonyl (C=O) groups excluding carboxylic acids is 1. The van der Waals surface area contributed by atoms with Crippen LogP contribution in [0.2, 0.25) is 0 Å². The molecule has 1 saturated heterocycles. The predicted octanol–water partition coefficient (Wildman–Crippen LogP) is 0.979. The maximum absolute atomic E-state index is 12.5. The molecule has 0 saturated carbocycles. The molecule has 3 heterocycles. The molecule has 2 unspecified atom stereocenters. The second kappa shape index (κ2) is 4.62. The Kier molecular flexibility index (Phi) is 2.94. The Balaban J connectivity index is 1.91. The summed E-state index contributed by atoms with van der Waals surface area (Å²) in [5, 5.41) is 4.15. The molecule has 6 nitrogen and oxygen atoms in total. The highest BCUT2D eigenvalue weighted by Gasteiger charge is 2.28. The van der Waals surface area contributed by atoms with E-state index in [4.69, 9.17) is 4.74 Å². The lowest BCUT2D eigenvalue weighted by Gasteiger charge is -2.35. The monoisotopic (exact) mass is 260 g/mol. The van der Waals surface area contributed by atoms with Gasteiger partial charge in [-0.2, -0.15) is 5.10 Å². The number of rotatable bonds is 1. The Morgan fingerprint density at radius 3 is 2.84 bits per heavy atom. The van der Waals surface area contributed by atoms with Crippen LogP contribution >= 0.6 is 0 Å². The van der Waals surface area contributed by atoms with E-state index in [-0.39, 0.29) is 18.1 Å². The van der Waals surface area contributed by atoms with E-state index in [1.807, 2.05) is 18.7 Å². The summed E-state index contributed by atoms with van der Waals surface area (Å²) in [6, 6.07) is 1.78. The average Bonchev–Trinajstić information content (AvgIpc) is 2.80. The van der Waals surface area contributed by atoms with E-state index >= 15 is 0 Å². The molecule has 0 spiro atoms. The molecule has 2 atom stereocenters. The molecule has 0 aromatic carbocycles. The van der Waals surface area contributed by atoms with Gasteiger partial charge in [-0.05, 0) is 19.9 Å². The van der Waals surface area contributed by atoms with Crippen molar-refractivity contribution in [2.45, 2.75) is 26.1 Å². The van der Waals surface area contributed by atoms with E-state index in [0.29, 0.717) is 24.3 Å². The van der Waals surface area contributed by atoms with Gasteiger partial charge in [-0.3, -0.25) is 4.79 Å². The molecule has 0 aliphatic carbocycles. The fourth-order valence-electron chi connectivity index (χ4n) is 2.49. The van der Waals surface area contributed by atoms with Gasteiger partial charge < -0.3 is 9.64 Å². The Hall–Kier alpha value is -1.95. The number of amides is 1. The van der Waals surface area contributed by atoms with Gasteiger partial charge in [0.2, 0.25) is 0 Å². The van der Waals surface area contributed by atoms with Crippen molar-refractivity contribution in [3.8, 4) is 0 Å². The van der Waals surface area contributed by atoms with Crippen molar-refractivity contribution < 1.29 is 9.53 Å². The molecule has 0 radical (unpaired) electrons. The van der Waals surface area contributed by atoms with Gasteiger partial charge >= 0.3 is 0 Å². The van der Waals surface area contributed by atoms with Crippen LogP contribution in [0.5, 0.6) is 0 Å². The Labute approximate surface area is 111 Å². The van der Waals surface area contributed by atoms with Crippen molar-refractivity contribution >= 4 is 11.6 Å². The third-order valence-corrected chi connectivity index (χ3v) is 3.22. The van der Waals surface area contributed by atoms with Gasteiger partial charge in [-0.1, -0.05) is 0 Å². The summed E-state index contributed by atoms with van der Waals surface area (Å²) < 4.78 is 7.25. The molecular weight excluding hydrogens is 244 g/mol. The lowest BCUT2D eigenvalue weighted by molar-refractivity contribution is -0.0585. The first-order chi connectivity index (χ1) is 9.15. The third kappa shape index (κ3) is 2.19. The summed E-state index contributed by atoms with van der Waals surface area (Å²) in [5.41, 5.74) is 1.14. The first-order valence-corrected chi connectivity index (χ1v) is 6.38. The van der Waals surface area contributed by atoms with Crippen LogP contribution in [-0.2, 0) is 4.74 Å². The quantitative estimate of drug-likeness (QED) is 0.767. The van der Waals surface area contributed by atoms with Crippen molar-refractivity contribution in [3.05, 3.63) is 30.2 Å². The lowest BCUT2D eigenvalue weighted by atomic mass is 10.2. The predicted molar refractivity (Wildman–Crippen MR) is 68.9 cm³/mol. The number of carbonyl (C=O) groups is 1. The van der Waals surface area contributed by atoms with Crippen LogP contribution in [0.3, 0.4) is 0 Å². The van der Waals surface area contributed by atoms with Gasteiger partial charge in [0.1, 0.15) is 5.56 Å². The van der Waals surface area contributed by atoms with Gasteiger partial charge in [0.15, 0.2) is 5.65 Å². The van der Waals surface area contributed by atoms with Crippen molar-refractivity contribution in [1.29, 1.82) is 0 Å². The number of morpholine rings is 1. The zero-order chi connectivity index (χ0) is 13.4. The van der Waals surface area contributed by atoms with E-state index in [0.717, 1.165) is 0 Å². The first-order valence-electron chi connectivity index (χ1n) is 6.38. The highest BCUT2D eigenvalue weighted by atomic mass is 16.5. The van der Waals surface area contributed by atoms with Gasteiger partial charge in [-0.15, -0.1) is 0 Å². The van der Waals surface area contributed by atoms with Gasteiger partial charge in [0.05, 0.1) is 18.4 Å². The molecular formula is C13H16N4O2. The molecule has 3 rings (SSSR count). The molecule has 1 aliphatic heterocycles. The fourth-order valence-corrected chi connectivity index (χ4v) is 2.49. The molecule has 2 aromatic rings. The SMILES string of the molecule is CC1CN(C(=O)c2cnn3cccnc23)CC(C)O1. The van der Waals surface area contributed by atoms with Crippen molar-refractivity contribution in [2.75, 3.05) is 13.1 Å². The summed E-state index contributed by atoms with van der Waals surface area (Å²) in [5.74, 6) is -0.0318. The minimum Gasteiger partial charge on any atom is -0.372 e. The van der Waals surface area contributed by atoms with Gasteiger partial charge in [0, 0.05) is 25.5 Å². The van der Waals surface area contributed by atoms with Crippen LogP contribution in [0.4, 0.5) is 0 Å². The minimum absolute atomic E-state index is 0.0318. The van der Waals surface area contributed by atoms with Crippen molar-refractivity contribution in [3.63, 3.8) is 0 Å². The van der Waals surface area contributed by atoms with Crippen molar-refractivity contribution in [1.82, 2.24) is 19.5 Å². The average molecular weight is 260 g/mol. The van der Waals surface area contributed by atoms with Gasteiger partial charge in [0.25, 0.3) is 5.91 Å². The van der Waals surface area contributed by atoms with E-state index in [9.17, 15) is 4.79 Å². The molecule has 0 N–H and O–H groups in total. The summed E-state index contributed by atoms with van der Waals surface area (Å²) in [7, 11) is 0. The molecule has 1 aliphatic rings. The van der Waals surface area contributed by atoms with E-state index in [1.54, 1.807) is 29.2 Å². The molecule has 100 valence electrons. The highest BCUT2D eigenvalue weighted by molar-refractivity contribution is 5.99. The van der Waals surface area contributed by atoms with E-state index < -0.39 is 0 Å². The Morgan fingerprint density at radius 2 is 2.11 bits per heavy atom. The second-order valence-electron chi connectivity index (χ2n) is 4.91. The summed E-state index contributed by atoms with van der Waals surface area (Å²) >= 11 is 0. The second-order valence-corrected chi connectivity index (χ2v) is 4.91. The van der Waals surface area contributed by atoms with Crippen LogP contribution in [0.15, 0.2) is 24.7 Å². The summed E-state index contributed by atoms with van der Waals surface area (Å²) in [6.07, 6.45) is 5.14. The van der Waals surface area contributed by atoms with Crippen LogP contribution < -0.4 is 0 Å². The van der Waals surface area contributed by atoms with Crippen molar-refractivity contribution in [2.24, 2.45) is 0 Å². The summed E-state index contributed by atoms with van der Waals surface area (Å²) in [6.45, 7) is 5.16. The normalized spacial score (nSPS) is 23.8. The highest BCUT2D eigenvalue weighted by Crippen LogP contribution is 2.16. The zero-order valence-electron chi connectivity index (χ0n) is 11.0. The molecule has 2 aromatic heterocycles. The number of fused-ring (bicyclic) bond motifs is 1. The van der Waals surface area contributed by atoms with Gasteiger partial charge in [-0.25, -0.2) is 9.50 Å². The van der Waals surface area contributed by atoms with Crippen LogP contribution in [0.1, 0.15) is 24.2 Å². The largest absolute Gasteiger partial charge is 0.372 e.